The summed E-state index contributed by atoms with van der Waals surface area (Å²) >= 11 is 3.53. The van der Waals surface area contributed by atoms with Crippen molar-refractivity contribution in [1.29, 1.82) is 0 Å². The number of carbonyl (C=O) groups excluding carboxylic acids is 1. The fraction of sp³-hybridized carbons (Fsp3) is 0.467. The minimum absolute atomic E-state index is 0.0706. The van der Waals surface area contributed by atoms with Gasteiger partial charge in [-0.1, -0.05) is 0 Å². The van der Waals surface area contributed by atoms with Crippen LogP contribution in [0.2, 0.25) is 0 Å². The predicted octanol–water partition coefficient (Wildman–Crippen LogP) is 2.15. The lowest BCUT2D eigenvalue weighted by Crippen LogP contribution is -2.35. The van der Waals surface area contributed by atoms with Gasteiger partial charge in [-0.3, -0.25) is 9.20 Å². The van der Waals surface area contributed by atoms with Crippen LogP contribution in [0, 0.1) is 13.8 Å². The molecule has 112 valence electrons. The number of rotatable bonds is 1. The topological polar surface area (TPSA) is 49.6 Å². The molecule has 1 N–H and O–H groups in total. The van der Waals surface area contributed by atoms with E-state index in [0.717, 1.165) is 54.0 Å². The normalized spacial score (nSPS) is 16.2. The lowest BCUT2D eigenvalue weighted by molar-refractivity contribution is 0.0758. The summed E-state index contributed by atoms with van der Waals surface area (Å²) in [5, 5.41) is 3.32. The lowest BCUT2D eigenvalue weighted by Gasteiger charge is -2.20. The van der Waals surface area contributed by atoms with Gasteiger partial charge in [0.2, 0.25) is 0 Å². The van der Waals surface area contributed by atoms with Crippen LogP contribution in [0.5, 0.6) is 0 Å². The number of nitrogens with one attached hydrogen (secondary N) is 1. The Balaban J connectivity index is 2.06. The molecule has 1 fully saturated rings. The maximum absolute atomic E-state index is 12.9. The molecule has 0 radical (unpaired) electrons. The third kappa shape index (κ3) is 2.70. The van der Waals surface area contributed by atoms with Crippen LogP contribution < -0.4 is 5.32 Å². The van der Waals surface area contributed by atoms with E-state index >= 15 is 0 Å². The Morgan fingerprint density at radius 2 is 2.14 bits per heavy atom. The number of hydrogen-bond acceptors (Lipinski definition) is 3. The molecular weight excluding hydrogens is 332 g/mol. The molecule has 1 saturated heterocycles. The maximum atomic E-state index is 12.9. The molecule has 0 spiro atoms. The molecule has 3 rings (SSSR count). The van der Waals surface area contributed by atoms with Crippen molar-refractivity contribution in [2.45, 2.75) is 20.3 Å². The van der Waals surface area contributed by atoms with Crippen LogP contribution in [0.4, 0.5) is 0 Å². The van der Waals surface area contributed by atoms with Gasteiger partial charge in [-0.05, 0) is 54.4 Å². The average molecular weight is 351 g/mol. The zero-order chi connectivity index (χ0) is 15.0. The molecule has 21 heavy (non-hydrogen) atoms. The van der Waals surface area contributed by atoms with Gasteiger partial charge in [-0.25, -0.2) is 4.98 Å². The fourth-order valence-corrected chi connectivity index (χ4v) is 3.44. The monoisotopic (exact) mass is 350 g/mol. The second-order valence-corrected chi connectivity index (χ2v) is 6.35. The molecular formula is C15H19BrN4O. The summed E-state index contributed by atoms with van der Waals surface area (Å²) < 4.78 is 2.83. The largest absolute Gasteiger partial charge is 0.336 e. The molecule has 0 atom stereocenters. The second kappa shape index (κ2) is 5.77. The summed E-state index contributed by atoms with van der Waals surface area (Å²) in [5.74, 6) is 0.0706. The number of amides is 1. The van der Waals surface area contributed by atoms with E-state index in [9.17, 15) is 4.79 Å². The van der Waals surface area contributed by atoms with Crippen molar-refractivity contribution in [2.24, 2.45) is 0 Å². The van der Waals surface area contributed by atoms with Crippen molar-refractivity contribution in [2.75, 3.05) is 26.2 Å². The molecule has 0 unspecified atom stereocenters. The van der Waals surface area contributed by atoms with E-state index in [1.807, 2.05) is 35.4 Å². The van der Waals surface area contributed by atoms with Crippen molar-refractivity contribution in [3.63, 3.8) is 0 Å². The Bertz CT molecular complexity index is 687. The molecule has 1 aliphatic rings. The maximum Gasteiger partial charge on any atom is 0.272 e. The number of halogens is 1. The Morgan fingerprint density at radius 1 is 1.33 bits per heavy atom. The summed E-state index contributed by atoms with van der Waals surface area (Å²) in [4.78, 5) is 19.4. The van der Waals surface area contributed by atoms with Crippen LogP contribution in [0.1, 0.15) is 28.2 Å². The van der Waals surface area contributed by atoms with Gasteiger partial charge in [0.05, 0.1) is 10.2 Å². The van der Waals surface area contributed by atoms with Crippen LogP contribution in [-0.2, 0) is 0 Å². The Kier molecular flexibility index (Phi) is 3.99. The molecule has 2 aromatic rings. The van der Waals surface area contributed by atoms with Crippen LogP contribution in [0.15, 0.2) is 16.7 Å². The molecule has 0 bridgehead atoms. The van der Waals surface area contributed by atoms with E-state index in [1.165, 1.54) is 0 Å². The van der Waals surface area contributed by atoms with Gasteiger partial charge in [-0.15, -0.1) is 0 Å². The van der Waals surface area contributed by atoms with Gasteiger partial charge in [0.15, 0.2) is 5.65 Å². The molecule has 6 heteroatoms. The van der Waals surface area contributed by atoms with Crippen LogP contribution in [0.3, 0.4) is 0 Å². The molecule has 1 amide bonds. The van der Waals surface area contributed by atoms with Gasteiger partial charge in [0, 0.05) is 25.8 Å². The molecule has 3 heterocycles. The number of pyridine rings is 1. The van der Waals surface area contributed by atoms with E-state index in [2.05, 4.69) is 26.2 Å². The van der Waals surface area contributed by atoms with Gasteiger partial charge >= 0.3 is 0 Å². The highest BCUT2D eigenvalue weighted by atomic mass is 79.9. The minimum atomic E-state index is 0.0706. The molecule has 2 aromatic heterocycles. The van der Waals surface area contributed by atoms with Crippen molar-refractivity contribution in [1.82, 2.24) is 19.6 Å². The van der Waals surface area contributed by atoms with E-state index in [0.29, 0.717) is 5.69 Å². The first-order chi connectivity index (χ1) is 10.1. The van der Waals surface area contributed by atoms with Crippen LogP contribution >= 0.6 is 15.9 Å². The number of carbonyl (C=O) groups is 1. The first kappa shape index (κ1) is 14.5. The number of aryl methyl sites for hydroxylation is 2. The predicted molar refractivity (Wildman–Crippen MR) is 85.8 cm³/mol. The number of aromatic nitrogens is 2. The van der Waals surface area contributed by atoms with Gasteiger partial charge in [0.1, 0.15) is 5.69 Å². The first-order valence-corrected chi connectivity index (χ1v) is 8.02. The SMILES string of the molecule is Cc1cc(Br)c2nc(C)c(C(=O)N3CCCNCC3)n2c1. The van der Waals surface area contributed by atoms with Crippen molar-refractivity contribution >= 4 is 27.5 Å². The molecule has 0 aromatic carbocycles. The third-order valence-corrected chi connectivity index (χ3v) is 4.40. The van der Waals surface area contributed by atoms with Crippen LogP contribution in [0.25, 0.3) is 5.65 Å². The van der Waals surface area contributed by atoms with E-state index in [-0.39, 0.29) is 5.91 Å². The molecule has 0 aliphatic carbocycles. The highest BCUT2D eigenvalue weighted by Gasteiger charge is 2.23. The second-order valence-electron chi connectivity index (χ2n) is 5.50. The highest BCUT2D eigenvalue weighted by molar-refractivity contribution is 9.10. The number of hydrogen-bond donors (Lipinski definition) is 1. The quantitative estimate of drug-likeness (QED) is 0.857. The van der Waals surface area contributed by atoms with Crippen molar-refractivity contribution < 1.29 is 4.79 Å². The van der Waals surface area contributed by atoms with Gasteiger partial charge in [0.25, 0.3) is 5.91 Å². The van der Waals surface area contributed by atoms with Gasteiger partial charge in [-0.2, -0.15) is 0 Å². The minimum Gasteiger partial charge on any atom is -0.336 e. The van der Waals surface area contributed by atoms with Crippen LogP contribution in [-0.4, -0.2) is 46.4 Å². The zero-order valence-corrected chi connectivity index (χ0v) is 13.9. The zero-order valence-electron chi connectivity index (χ0n) is 12.3. The average Bonchev–Trinajstić information content (AvgIpc) is 2.64. The number of imidazole rings is 1. The summed E-state index contributed by atoms with van der Waals surface area (Å²) in [6, 6.07) is 2.02. The van der Waals surface area contributed by atoms with Gasteiger partial charge < -0.3 is 10.2 Å². The van der Waals surface area contributed by atoms with E-state index in [1.54, 1.807) is 0 Å². The molecule has 0 saturated carbocycles. The molecule has 5 nitrogen and oxygen atoms in total. The Labute approximate surface area is 132 Å². The summed E-state index contributed by atoms with van der Waals surface area (Å²) in [7, 11) is 0. The summed E-state index contributed by atoms with van der Waals surface area (Å²) in [6.07, 6.45) is 2.97. The third-order valence-electron chi connectivity index (χ3n) is 3.82. The smallest absolute Gasteiger partial charge is 0.272 e. The Morgan fingerprint density at radius 3 is 2.95 bits per heavy atom. The molecule has 1 aliphatic heterocycles. The summed E-state index contributed by atoms with van der Waals surface area (Å²) in [6.45, 7) is 7.29. The van der Waals surface area contributed by atoms with Crippen molar-refractivity contribution in [3.05, 3.63) is 33.7 Å². The fourth-order valence-electron chi connectivity index (χ4n) is 2.80. The van der Waals surface area contributed by atoms with E-state index < -0.39 is 0 Å². The lowest BCUT2D eigenvalue weighted by atomic mass is 10.2. The Hall–Kier alpha value is -1.40. The van der Waals surface area contributed by atoms with Crippen molar-refractivity contribution in [3.8, 4) is 0 Å². The highest BCUT2D eigenvalue weighted by Crippen LogP contribution is 2.23. The van der Waals surface area contributed by atoms with E-state index in [4.69, 9.17) is 0 Å². The summed E-state index contributed by atoms with van der Waals surface area (Å²) in [5.41, 5.74) is 3.35. The first-order valence-electron chi connectivity index (χ1n) is 7.22. The number of nitrogens with zero attached hydrogens (tertiary/aromatic N) is 3. The number of fused-ring (bicyclic) bond motifs is 1. The standard InChI is InChI=1S/C15H19BrN4O/c1-10-8-12(16)14-18-11(2)13(20(14)9-10)15(21)19-6-3-4-17-5-7-19/h8-9,17H,3-7H2,1-2H3.